The molecule has 0 spiro atoms. The van der Waals surface area contributed by atoms with Crippen LogP contribution in [0.25, 0.3) is 0 Å². The minimum absolute atomic E-state index is 0.520. The van der Waals surface area contributed by atoms with E-state index >= 15 is 0 Å². The zero-order valence-corrected chi connectivity index (χ0v) is 12.4. The highest BCUT2D eigenvalue weighted by molar-refractivity contribution is 4.94. The Morgan fingerprint density at radius 1 is 0.938 bits per heavy atom. The summed E-state index contributed by atoms with van der Waals surface area (Å²) in [4.78, 5) is 0. The molecule has 0 N–H and O–H groups in total. The molecule has 0 nitrogen and oxygen atoms in total. The topological polar surface area (TPSA) is 0 Å². The minimum Gasteiger partial charge on any atom is -0.0602 e. The van der Waals surface area contributed by atoms with Crippen LogP contribution in [0.2, 0.25) is 0 Å². The number of hydrogen-bond donors (Lipinski definition) is 0. The van der Waals surface area contributed by atoms with E-state index in [1.165, 1.54) is 44.9 Å². The van der Waals surface area contributed by atoms with Crippen molar-refractivity contribution in [3.8, 4) is 0 Å². The minimum atomic E-state index is 0.520. The Kier molecular flexibility index (Phi) is 4.13. The van der Waals surface area contributed by atoms with Crippen LogP contribution in [0.4, 0.5) is 0 Å². The Bertz CT molecular complexity index is 219. The standard InChI is InChI=1S/C16H32/c1-14(2,3)10-7-8-12-16(6)13-9-11-15(16,4)5/h7-13H2,1-6H3/t16-/m1/s1. The summed E-state index contributed by atoms with van der Waals surface area (Å²) in [5.74, 6) is 0. The maximum Gasteiger partial charge on any atom is -0.0275 e. The molecule has 1 saturated carbocycles. The van der Waals surface area contributed by atoms with Gasteiger partial charge in [-0.1, -0.05) is 60.8 Å². The maximum atomic E-state index is 2.52. The van der Waals surface area contributed by atoms with Gasteiger partial charge in [-0.15, -0.1) is 0 Å². The fraction of sp³-hybridized carbons (Fsp3) is 1.00. The molecule has 0 unspecified atom stereocenters. The monoisotopic (exact) mass is 224 g/mol. The van der Waals surface area contributed by atoms with Crippen LogP contribution in [0.3, 0.4) is 0 Å². The molecule has 1 atom stereocenters. The Balaban J connectivity index is 2.32. The lowest BCUT2D eigenvalue weighted by Crippen LogP contribution is -2.29. The van der Waals surface area contributed by atoms with E-state index in [9.17, 15) is 0 Å². The highest BCUT2D eigenvalue weighted by Gasteiger charge is 2.44. The molecule has 0 radical (unpaired) electrons. The first-order chi connectivity index (χ1) is 7.16. The van der Waals surface area contributed by atoms with Gasteiger partial charge in [-0.2, -0.15) is 0 Å². The van der Waals surface area contributed by atoms with Gasteiger partial charge in [-0.05, 0) is 41.9 Å². The predicted molar refractivity (Wildman–Crippen MR) is 73.7 cm³/mol. The van der Waals surface area contributed by atoms with E-state index in [-0.39, 0.29) is 0 Å². The smallest absolute Gasteiger partial charge is 0.0275 e. The van der Waals surface area contributed by atoms with Crippen LogP contribution in [0.1, 0.15) is 86.5 Å². The van der Waals surface area contributed by atoms with E-state index < -0.39 is 0 Å². The maximum absolute atomic E-state index is 2.52. The lowest BCUT2D eigenvalue weighted by molar-refractivity contribution is 0.114. The normalized spacial score (nSPS) is 29.6. The summed E-state index contributed by atoms with van der Waals surface area (Å²) in [6.45, 7) is 14.5. The van der Waals surface area contributed by atoms with Crippen molar-refractivity contribution in [1.82, 2.24) is 0 Å². The second kappa shape index (κ2) is 4.70. The zero-order valence-electron chi connectivity index (χ0n) is 12.4. The third-order valence-corrected chi connectivity index (χ3v) is 5.07. The molecule has 0 heteroatoms. The lowest BCUT2D eigenvalue weighted by Gasteiger charge is -2.39. The van der Waals surface area contributed by atoms with Crippen LogP contribution in [-0.4, -0.2) is 0 Å². The van der Waals surface area contributed by atoms with Gasteiger partial charge in [0.1, 0.15) is 0 Å². The highest BCUT2D eigenvalue weighted by Crippen LogP contribution is 2.55. The zero-order chi connectivity index (χ0) is 12.4. The summed E-state index contributed by atoms with van der Waals surface area (Å²) < 4.78 is 0. The molecular weight excluding hydrogens is 192 g/mol. The summed E-state index contributed by atoms with van der Waals surface area (Å²) in [5.41, 5.74) is 1.71. The van der Waals surface area contributed by atoms with E-state index in [0.29, 0.717) is 16.2 Å². The van der Waals surface area contributed by atoms with Crippen LogP contribution in [0.15, 0.2) is 0 Å². The van der Waals surface area contributed by atoms with Crippen molar-refractivity contribution in [3.05, 3.63) is 0 Å². The van der Waals surface area contributed by atoms with Crippen molar-refractivity contribution in [1.29, 1.82) is 0 Å². The van der Waals surface area contributed by atoms with Crippen molar-refractivity contribution in [2.45, 2.75) is 86.5 Å². The fourth-order valence-electron chi connectivity index (χ4n) is 3.19. The molecule has 0 amide bonds. The first-order valence-electron chi connectivity index (χ1n) is 7.16. The highest BCUT2D eigenvalue weighted by atomic mass is 14.5. The van der Waals surface area contributed by atoms with Crippen molar-refractivity contribution in [2.75, 3.05) is 0 Å². The molecule has 0 aromatic rings. The van der Waals surface area contributed by atoms with Gasteiger partial charge in [0.2, 0.25) is 0 Å². The molecule has 16 heavy (non-hydrogen) atoms. The second-order valence-corrected chi connectivity index (χ2v) is 8.07. The summed E-state index contributed by atoms with van der Waals surface area (Å²) in [6.07, 6.45) is 9.99. The SMILES string of the molecule is CC(C)(C)CCCC[C@]1(C)CCCC1(C)C. The van der Waals surface area contributed by atoms with Gasteiger partial charge in [0.05, 0.1) is 0 Å². The Morgan fingerprint density at radius 3 is 2.00 bits per heavy atom. The van der Waals surface area contributed by atoms with Crippen LogP contribution in [-0.2, 0) is 0 Å². The number of rotatable bonds is 4. The Hall–Kier alpha value is 0. The molecule has 0 aromatic carbocycles. The van der Waals surface area contributed by atoms with E-state index in [1.807, 2.05) is 0 Å². The summed E-state index contributed by atoms with van der Waals surface area (Å²) >= 11 is 0. The fourth-order valence-corrected chi connectivity index (χ4v) is 3.19. The molecule has 0 bridgehead atoms. The molecule has 0 aromatic heterocycles. The van der Waals surface area contributed by atoms with Gasteiger partial charge >= 0.3 is 0 Å². The molecule has 1 aliphatic carbocycles. The van der Waals surface area contributed by atoms with E-state index in [1.54, 1.807) is 0 Å². The lowest BCUT2D eigenvalue weighted by atomic mass is 9.66. The molecular formula is C16H32. The van der Waals surface area contributed by atoms with Crippen molar-refractivity contribution < 1.29 is 0 Å². The molecule has 1 rings (SSSR count). The van der Waals surface area contributed by atoms with Gasteiger partial charge in [0.25, 0.3) is 0 Å². The molecule has 96 valence electrons. The Morgan fingerprint density at radius 2 is 1.56 bits per heavy atom. The molecule has 1 aliphatic rings. The van der Waals surface area contributed by atoms with Crippen molar-refractivity contribution >= 4 is 0 Å². The average Bonchev–Trinajstić information content (AvgIpc) is 2.35. The first-order valence-corrected chi connectivity index (χ1v) is 7.16. The van der Waals surface area contributed by atoms with E-state index in [0.717, 1.165) is 0 Å². The van der Waals surface area contributed by atoms with Crippen LogP contribution < -0.4 is 0 Å². The second-order valence-electron chi connectivity index (χ2n) is 8.07. The molecule has 1 fully saturated rings. The molecule has 0 heterocycles. The van der Waals surface area contributed by atoms with E-state index in [4.69, 9.17) is 0 Å². The largest absolute Gasteiger partial charge is 0.0602 e. The molecule has 0 aliphatic heterocycles. The summed E-state index contributed by atoms with van der Waals surface area (Å²) in [5, 5.41) is 0. The van der Waals surface area contributed by atoms with Gasteiger partial charge < -0.3 is 0 Å². The van der Waals surface area contributed by atoms with Gasteiger partial charge in [-0.3, -0.25) is 0 Å². The van der Waals surface area contributed by atoms with E-state index in [2.05, 4.69) is 41.5 Å². The Labute approximate surface area is 103 Å². The van der Waals surface area contributed by atoms with Gasteiger partial charge in [0.15, 0.2) is 0 Å². The van der Waals surface area contributed by atoms with Crippen LogP contribution in [0.5, 0.6) is 0 Å². The van der Waals surface area contributed by atoms with Crippen molar-refractivity contribution in [2.24, 2.45) is 16.2 Å². The average molecular weight is 224 g/mol. The predicted octanol–water partition coefficient (Wildman–Crippen LogP) is 5.81. The number of unbranched alkanes of at least 4 members (excludes halogenated alkanes) is 1. The summed E-state index contributed by atoms with van der Waals surface area (Å²) in [7, 11) is 0. The van der Waals surface area contributed by atoms with Crippen LogP contribution in [0, 0.1) is 16.2 Å². The first kappa shape index (κ1) is 14.1. The third kappa shape index (κ3) is 3.50. The quantitative estimate of drug-likeness (QED) is 0.529. The van der Waals surface area contributed by atoms with Gasteiger partial charge in [0, 0.05) is 0 Å². The van der Waals surface area contributed by atoms with Crippen molar-refractivity contribution in [3.63, 3.8) is 0 Å². The van der Waals surface area contributed by atoms with Crippen LogP contribution >= 0.6 is 0 Å². The molecule has 0 saturated heterocycles. The number of hydrogen-bond acceptors (Lipinski definition) is 0. The third-order valence-electron chi connectivity index (χ3n) is 5.07. The van der Waals surface area contributed by atoms with Gasteiger partial charge in [-0.25, -0.2) is 0 Å². The summed E-state index contributed by atoms with van der Waals surface area (Å²) in [6, 6.07) is 0.